The van der Waals surface area contributed by atoms with E-state index in [1.807, 2.05) is 0 Å². The van der Waals surface area contributed by atoms with E-state index < -0.39 is 0 Å². The summed E-state index contributed by atoms with van der Waals surface area (Å²) in [5, 5.41) is 0.500. The Morgan fingerprint density at radius 3 is 1.65 bits per heavy atom. The van der Waals surface area contributed by atoms with Gasteiger partial charge < -0.3 is 4.90 Å². The average Bonchev–Trinajstić information content (AvgIpc) is 2.41. The summed E-state index contributed by atoms with van der Waals surface area (Å²) in [5.74, 6) is 0.323. The highest BCUT2D eigenvalue weighted by molar-refractivity contribution is 9.09. The Labute approximate surface area is 113 Å². The second kappa shape index (κ2) is 6.77. The van der Waals surface area contributed by atoms with Crippen molar-refractivity contribution in [3.63, 3.8) is 0 Å². The predicted octanol–water partition coefficient (Wildman–Crippen LogP) is 3.88. The fourth-order valence-electron chi connectivity index (χ4n) is 3.49. The summed E-state index contributed by atoms with van der Waals surface area (Å²) in [6.07, 6.45) is 12.9. The van der Waals surface area contributed by atoms with Crippen LogP contribution in [0.5, 0.6) is 0 Å². The summed E-state index contributed by atoms with van der Waals surface area (Å²) < 4.78 is 0. The summed E-state index contributed by atoms with van der Waals surface area (Å²) in [6, 6.07) is 1.08. The fourth-order valence-corrected chi connectivity index (χ4v) is 3.78. The zero-order valence-electron chi connectivity index (χ0n) is 10.7. The normalized spacial score (nSPS) is 23.6. The van der Waals surface area contributed by atoms with E-state index in [9.17, 15) is 4.79 Å². The third-order valence-electron chi connectivity index (χ3n) is 4.34. The molecular weight excluding hydrogens is 278 g/mol. The third kappa shape index (κ3) is 3.46. The summed E-state index contributed by atoms with van der Waals surface area (Å²) in [7, 11) is 0. The van der Waals surface area contributed by atoms with Crippen LogP contribution in [-0.4, -0.2) is 28.2 Å². The van der Waals surface area contributed by atoms with Gasteiger partial charge in [-0.3, -0.25) is 4.79 Å². The van der Waals surface area contributed by atoms with Crippen LogP contribution in [0.1, 0.15) is 64.2 Å². The molecule has 3 heteroatoms. The maximum absolute atomic E-state index is 12.2. The first-order valence-corrected chi connectivity index (χ1v) is 8.32. The van der Waals surface area contributed by atoms with E-state index >= 15 is 0 Å². The van der Waals surface area contributed by atoms with E-state index in [1.54, 1.807) is 0 Å². The van der Waals surface area contributed by atoms with E-state index in [1.165, 1.54) is 64.2 Å². The smallest absolute Gasteiger partial charge is 0.233 e. The predicted molar refractivity (Wildman–Crippen MR) is 74.4 cm³/mol. The SMILES string of the molecule is O=C(CBr)N(C1CCCCC1)C1CCCCC1. The van der Waals surface area contributed by atoms with E-state index in [4.69, 9.17) is 0 Å². The number of alkyl halides is 1. The first-order chi connectivity index (χ1) is 8.33. The van der Waals surface area contributed by atoms with Crippen LogP contribution in [0.3, 0.4) is 0 Å². The third-order valence-corrected chi connectivity index (χ3v) is 4.82. The molecule has 2 saturated carbocycles. The second-order valence-corrected chi connectivity index (χ2v) is 6.08. The molecule has 2 fully saturated rings. The van der Waals surface area contributed by atoms with Crippen molar-refractivity contribution >= 4 is 21.8 Å². The van der Waals surface area contributed by atoms with Gasteiger partial charge in [0.05, 0.1) is 5.33 Å². The number of rotatable bonds is 3. The van der Waals surface area contributed by atoms with Crippen molar-refractivity contribution in [3.05, 3.63) is 0 Å². The summed E-state index contributed by atoms with van der Waals surface area (Å²) in [6.45, 7) is 0. The number of nitrogens with zero attached hydrogens (tertiary/aromatic N) is 1. The Morgan fingerprint density at radius 1 is 0.882 bits per heavy atom. The lowest BCUT2D eigenvalue weighted by Gasteiger charge is -2.41. The molecule has 0 aromatic carbocycles. The lowest BCUT2D eigenvalue weighted by molar-refractivity contribution is -0.134. The largest absolute Gasteiger partial charge is 0.336 e. The van der Waals surface area contributed by atoms with Gasteiger partial charge in [0.2, 0.25) is 5.91 Å². The Balaban J connectivity index is 2.02. The summed E-state index contributed by atoms with van der Waals surface area (Å²) in [4.78, 5) is 14.4. The Bertz CT molecular complexity index is 227. The molecule has 0 aromatic rings. The topological polar surface area (TPSA) is 20.3 Å². The molecule has 0 N–H and O–H groups in total. The van der Waals surface area contributed by atoms with Crippen molar-refractivity contribution in [3.8, 4) is 0 Å². The highest BCUT2D eigenvalue weighted by atomic mass is 79.9. The molecule has 0 heterocycles. The number of carbonyl (C=O) groups excluding carboxylic acids is 1. The van der Waals surface area contributed by atoms with Crippen molar-refractivity contribution in [2.24, 2.45) is 0 Å². The van der Waals surface area contributed by atoms with Crippen LogP contribution >= 0.6 is 15.9 Å². The monoisotopic (exact) mass is 301 g/mol. The molecule has 17 heavy (non-hydrogen) atoms. The van der Waals surface area contributed by atoms with Gasteiger partial charge >= 0.3 is 0 Å². The number of hydrogen-bond acceptors (Lipinski definition) is 1. The molecule has 0 aromatic heterocycles. The number of carbonyl (C=O) groups is 1. The van der Waals surface area contributed by atoms with E-state index in [-0.39, 0.29) is 0 Å². The Hall–Kier alpha value is -0.0500. The van der Waals surface area contributed by atoms with E-state index in [0.717, 1.165) is 0 Å². The first kappa shape index (κ1) is 13.4. The quantitative estimate of drug-likeness (QED) is 0.725. The van der Waals surface area contributed by atoms with Crippen LogP contribution in [-0.2, 0) is 4.79 Å². The number of hydrogen-bond donors (Lipinski definition) is 0. The first-order valence-electron chi connectivity index (χ1n) is 7.20. The molecule has 2 aliphatic rings. The van der Waals surface area contributed by atoms with Crippen LogP contribution in [0, 0.1) is 0 Å². The van der Waals surface area contributed by atoms with Crippen LogP contribution in [0.2, 0.25) is 0 Å². The zero-order valence-corrected chi connectivity index (χ0v) is 12.3. The lowest BCUT2D eigenvalue weighted by atomic mass is 9.88. The van der Waals surface area contributed by atoms with Gasteiger partial charge in [-0.25, -0.2) is 0 Å². The second-order valence-electron chi connectivity index (χ2n) is 5.52. The van der Waals surface area contributed by atoms with Gasteiger partial charge in [0.15, 0.2) is 0 Å². The van der Waals surface area contributed by atoms with Gasteiger partial charge in [0.25, 0.3) is 0 Å². The van der Waals surface area contributed by atoms with Gasteiger partial charge in [-0.05, 0) is 25.7 Å². The highest BCUT2D eigenvalue weighted by Crippen LogP contribution is 2.30. The Morgan fingerprint density at radius 2 is 1.29 bits per heavy atom. The molecule has 0 spiro atoms. The van der Waals surface area contributed by atoms with Crippen molar-refractivity contribution in [1.29, 1.82) is 0 Å². The van der Waals surface area contributed by atoms with Gasteiger partial charge in [-0.1, -0.05) is 54.5 Å². The van der Waals surface area contributed by atoms with E-state index in [0.29, 0.717) is 23.3 Å². The molecule has 0 saturated heterocycles. The van der Waals surface area contributed by atoms with Crippen LogP contribution in [0.25, 0.3) is 0 Å². The number of amides is 1. The molecule has 0 aliphatic heterocycles. The zero-order chi connectivity index (χ0) is 12.1. The molecule has 2 aliphatic carbocycles. The van der Waals surface area contributed by atoms with Crippen molar-refractivity contribution in [2.45, 2.75) is 76.3 Å². The number of halogens is 1. The molecule has 98 valence electrons. The standard InChI is InChI=1S/C14H24BrNO/c15-11-14(17)16(12-7-3-1-4-8-12)13-9-5-2-6-10-13/h12-13H,1-11H2. The van der Waals surface area contributed by atoms with Crippen LogP contribution < -0.4 is 0 Å². The molecule has 1 amide bonds. The molecule has 0 bridgehead atoms. The van der Waals surface area contributed by atoms with E-state index in [2.05, 4.69) is 20.8 Å². The molecule has 2 nitrogen and oxygen atoms in total. The van der Waals surface area contributed by atoms with Crippen molar-refractivity contribution in [1.82, 2.24) is 4.90 Å². The van der Waals surface area contributed by atoms with Crippen LogP contribution in [0.15, 0.2) is 0 Å². The Kier molecular flexibility index (Phi) is 5.33. The highest BCUT2D eigenvalue weighted by Gasteiger charge is 2.31. The maximum atomic E-state index is 12.2. The van der Waals surface area contributed by atoms with Gasteiger partial charge in [-0.15, -0.1) is 0 Å². The lowest BCUT2D eigenvalue weighted by Crippen LogP contribution is -2.49. The van der Waals surface area contributed by atoms with Gasteiger partial charge in [0.1, 0.15) is 0 Å². The minimum Gasteiger partial charge on any atom is -0.336 e. The molecule has 0 atom stereocenters. The summed E-state index contributed by atoms with van der Waals surface area (Å²) >= 11 is 3.36. The molecule has 2 rings (SSSR count). The molecular formula is C14H24BrNO. The van der Waals surface area contributed by atoms with Gasteiger partial charge in [0, 0.05) is 12.1 Å². The summed E-state index contributed by atoms with van der Waals surface area (Å²) in [5.41, 5.74) is 0. The fraction of sp³-hybridized carbons (Fsp3) is 0.929. The minimum atomic E-state index is 0.323. The average molecular weight is 302 g/mol. The molecule has 0 unspecified atom stereocenters. The van der Waals surface area contributed by atoms with Gasteiger partial charge in [-0.2, -0.15) is 0 Å². The van der Waals surface area contributed by atoms with Crippen LogP contribution in [0.4, 0.5) is 0 Å². The van der Waals surface area contributed by atoms with Crippen molar-refractivity contribution < 1.29 is 4.79 Å². The molecule has 0 radical (unpaired) electrons. The maximum Gasteiger partial charge on any atom is 0.233 e. The van der Waals surface area contributed by atoms with Crippen molar-refractivity contribution in [2.75, 3.05) is 5.33 Å². The minimum absolute atomic E-state index is 0.323.